The summed E-state index contributed by atoms with van der Waals surface area (Å²) in [7, 11) is 3.45. The van der Waals surface area contributed by atoms with Crippen molar-refractivity contribution in [1.29, 1.82) is 0 Å². The minimum atomic E-state index is -0.214. The third-order valence-corrected chi connectivity index (χ3v) is 5.40. The number of carbonyl (C=O) groups is 1. The Morgan fingerprint density at radius 1 is 1.09 bits per heavy atom. The van der Waals surface area contributed by atoms with Gasteiger partial charge < -0.3 is 10.2 Å². The summed E-state index contributed by atoms with van der Waals surface area (Å²) in [6, 6.07) is 16.3. The SMILES string of the molecule is CC.CNCC(=O)N(C)c1ccc(-c2nc3ccc(C)cc3c(=O)n2-c2ccc(Cl)cn2)cc1. The fraction of sp³-hybridized carbons (Fsp3) is 0.231. The van der Waals surface area contributed by atoms with Crippen molar-refractivity contribution in [2.75, 3.05) is 25.5 Å². The molecule has 176 valence electrons. The number of aryl methyl sites for hydroxylation is 1. The van der Waals surface area contributed by atoms with Crippen molar-refractivity contribution in [2.45, 2.75) is 20.8 Å². The molecule has 0 unspecified atom stereocenters. The molecule has 4 rings (SSSR count). The number of nitrogens with one attached hydrogen (secondary N) is 1. The van der Waals surface area contributed by atoms with Gasteiger partial charge in [0.2, 0.25) is 5.91 Å². The fourth-order valence-electron chi connectivity index (χ4n) is 3.45. The molecule has 0 bridgehead atoms. The topological polar surface area (TPSA) is 80.1 Å². The molecule has 0 spiro atoms. The van der Waals surface area contributed by atoms with Crippen LogP contribution in [0.2, 0.25) is 5.02 Å². The number of anilines is 1. The summed E-state index contributed by atoms with van der Waals surface area (Å²) in [6.07, 6.45) is 1.50. The smallest absolute Gasteiger partial charge is 0.267 e. The van der Waals surface area contributed by atoms with Gasteiger partial charge in [0, 0.05) is 24.5 Å². The van der Waals surface area contributed by atoms with Crippen molar-refractivity contribution in [2.24, 2.45) is 0 Å². The monoisotopic (exact) mass is 477 g/mol. The zero-order chi connectivity index (χ0) is 24.8. The molecule has 0 saturated heterocycles. The molecule has 2 aromatic carbocycles. The van der Waals surface area contributed by atoms with Gasteiger partial charge in [0.25, 0.3) is 5.56 Å². The number of benzene rings is 2. The maximum absolute atomic E-state index is 13.5. The zero-order valence-electron chi connectivity index (χ0n) is 20.0. The van der Waals surface area contributed by atoms with Crippen molar-refractivity contribution >= 4 is 34.1 Å². The quantitative estimate of drug-likeness (QED) is 0.453. The summed E-state index contributed by atoms with van der Waals surface area (Å²) >= 11 is 6.00. The number of hydrogen-bond donors (Lipinski definition) is 1. The number of nitrogens with zero attached hydrogens (tertiary/aromatic N) is 4. The van der Waals surface area contributed by atoms with Crippen molar-refractivity contribution < 1.29 is 4.79 Å². The number of pyridine rings is 1. The molecular weight excluding hydrogens is 450 g/mol. The number of aromatic nitrogens is 3. The summed E-state index contributed by atoms with van der Waals surface area (Å²) in [6.45, 7) is 6.17. The first kappa shape index (κ1) is 25.1. The van der Waals surface area contributed by atoms with Crippen LogP contribution in [-0.4, -0.2) is 41.1 Å². The van der Waals surface area contributed by atoms with Crippen LogP contribution in [0, 0.1) is 6.92 Å². The Labute approximate surface area is 204 Å². The Morgan fingerprint density at radius 2 is 1.79 bits per heavy atom. The van der Waals surface area contributed by atoms with Crippen molar-refractivity contribution in [3.63, 3.8) is 0 Å². The van der Waals surface area contributed by atoms with Gasteiger partial charge in [-0.2, -0.15) is 0 Å². The highest BCUT2D eigenvalue weighted by Gasteiger charge is 2.17. The van der Waals surface area contributed by atoms with E-state index in [1.807, 2.05) is 63.2 Å². The largest absolute Gasteiger partial charge is 0.314 e. The molecule has 0 fully saturated rings. The number of hydrogen-bond acceptors (Lipinski definition) is 5. The second-order valence-corrected chi connectivity index (χ2v) is 7.90. The molecule has 0 aliphatic carbocycles. The lowest BCUT2D eigenvalue weighted by Crippen LogP contribution is -2.34. The van der Waals surface area contributed by atoms with E-state index in [2.05, 4.69) is 10.3 Å². The molecule has 0 aliphatic rings. The number of rotatable bonds is 5. The summed E-state index contributed by atoms with van der Waals surface area (Å²) in [5, 5.41) is 3.85. The maximum Gasteiger partial charge on any atom is 0.267 e. The van der Waals surface area contributed by atoms with Crippen LogP contribution in [0.5, 0.6) is 0 Å². The summed E-state index contributed by atoms with van der Waals surface area (Å²) in [5.74, 6) is 0.828. The first-order valence-corrected chi connectivity index (χ1v) is 11.4. The Kier molecular flexibility index (Phi) is 8.15. The predicted octanol–water partition coefficient (Wildman–Crippen LogP) is 4.62. The molecule has 4 aromatic rings. The van der Waals surface area contributed by atoms with Gasteiger partial charge in [-0.3, -0.25) is 9.59 Å². The van der Waals surface area contributed by atoms with E-state index in [1.54, 1.807) is 31.1 Å². The average molecular weight is 478 g/mol. The third kappa shape index (κ3) is 5.16. The molecule has 2 aromatic heterocycles. The molecule has 0 atom stereocenters. The number of fused-ring (bicyclic) bond motifs is 1. The average Bonchev–Trinajstić information content (AvgIpc) is 2.86. The van der Waals surface area contributed by atoms with Crippen molar-refractivity contribution in [3.8, 4) is 17.2 Å². The zero-order valence-corrected chi connectivity index (χ0v) is 20.7. The number of likely N-dealkylation sites (N-methyl/N-ethyl adjacent to an activating group) is 2. The minimum absolute atomic E-state index is 0.0540. The maximum atomic E-state index is 13.5. The van der Waals surface area contributed by atoms with Crippen LogP contribution in [0.4, 0.5) is 5.69 Å². The van der Waals surface area contributed by atoms with Gasteiger partial charge in [-0.25, -0.2) is 14.5 Å². The van der Waals surface area contributed by atoms with Crippen LogP contribution in [-0.2, 0) is 4.79 Å². The molecule has 8 heteroatoms. The summed E-state index contributed by atoms with van der Waals surface area (Å²) in [4.78, 5) is 36.4. The summed E-state index contributed by atoms with van der Waals surface area (Å²) < 4.78 is 1.49. The first-order chi connectivity index (χ1) is 16.4. The van der Waals surface area contributed by atoms with E-state index in [4.69, 9.17) is 16.6 Å². The lowest BCUT2D eigenvalue weighted by atomic mass is 10.1. The van der Waals surface area contributed by atoms with Gasteiger partial charge in [0.05, 0.1) is 22.5 Å². The van der Waals surface area contributed by atoms with Gasteiger partial charge in [0.1, 0.15) is 11.6 Å². The van der Waals surface area contributed by atoms with E-state index in [-0.39, 0.29) is 18.0 Å². The normalized spacial score (nSPS) is 10.5. The van der Waals surface area contributed by atoms with Crippen LogP contribution in [0.3, 0.4) is 0 Å². The molecular formula is C26H28ClN5O2. The van der Waals surface area contributed by atoms with Crippen LogP contribution in [0.1, 0.15) is 19.4 Å². The molecule has 2 heterocycles. The molecule has 7 nitrogen and oxygen atoms in total. The number of carbonyl (C=O) groups excluding carboxylic acids is 1. The van der Waals surface area contributed by atoms with Crippen LogP contribution < -0.4 is 15.8 Å². The van der Waals surface area contributed by atoms with Crippen LogP contribution in [0.25, 0.3) is 28.1 Å². The highest BCUT2D eigenvalue weighted by atomic mass is 35.5. The van der Waals surface area contributed by atoms with Gasteiger partial charge in [-0.15, -0.1) is 0 Å². The van der Waals surface area contributed by atoms with E-state index >= 15 is 0 Å². The molecule has 0 saturated carbocycles. The fourth-order valence-corrected chi connectivity index (χ4v) is 3.57. The van der Waals surface area contributed by atoms with Gasteiger partial charge >= 0.3 is 0 Å². The van der Waals surface area contributed by atoms with E-state index in [1.165, 1.54) is 10.8 Å². The Hall–Kier alpha value is -3.55. The lowest BCUT2D eigenvalue weighted by molar-refractivity contribution is -0.117. The molecule has 0 aliphatic heterocycles. The number of amides is 1. The second-order valence-electron chi connectivity index (χ2n) is 7.46. The van der Waals surface area contributed by atoms with Gasteiger partial charge in [-0.05, 0) is 62.5 Å². The van der Waals surface area contributed by atoms with E-state index in [0.29, 0.717) is 27.6 Å². The molecule has 0 radical (unpaired) electrons. The Bertz CT molecular complexity index is 1350. The standard InChI is InChI=1S/C24H22ClN5O2.C2H6/c1-15-4-10-20-19(12-15)24(32)30(21-11-7-17(25)13-27-21)23(28-20)16-5-8-18(9-6-16)29(3)22(31)14-26-2;1-2/h4-13,26H,14H2,1-3H3;1-2H3. The minimum Gasteiger partial charge on any atom is -0.314 e. The van der Waals surface area contributed by atoms with Crippen LogP contribution >= 0.6 is 11.6 Å². The lowest BCUT2D eigenvalue weighted by Gasteiger charge is -2.18. The van der Waals surface area contributed by atoms with Crippen molar-refractivity contribution in [3.05, 3.63) is 81.7 Å². The molecule has 34 heavy (non-hydrogen) atoms. The molecule has 1 N–H and O–H groups in total. The Balaban J connectivity index is 0.00000158. The summed E-state index contributed by atoms with van der Waals surface area (Å²) in [5.41, 5.74) is 2.82. The van der Waals surface area contributed by atoms with Crippen LogP contribution in [0.15, 0.2) is 65.6 Å². The highest BCUT2D eigenvalue weighted by molar-refractivity contribution is 6.30. The van der Waals surface area contributed by atoms with Crippen molar-refractivity contribution in [1.82, 2.24) is 19.9 Å². The van der Waals surface area contributed by atoms with Gasteiger partial charge in [0.15, 0.2) is 0 Å². The Morgan fingerprint density at radius 3 is 2.41 bits per heavy atom. The highest BCUT2D eigenvalue weighted by Crippen LogP contribution is 2.25. The number of halogens is 1. The first-order valence-electron chi connectivity index (χ1n) is 11.1. The predicted molar refractivity (Wildman–Crippen MR) is 139 cm³/mol. The van der Waals surface area contributed by atoms with E-state index < -0.39 is 0 Å². The van der Waals surface area contributed by atoms with E-state index in [0.717, 1.165) is 16.8 Å². The third-order valence-electron chi connectivity index (χ3n) is 5.18. The second kappa shape index (κ2) is 11.0. The van der Waals surface area contributed by atoms with Gasteiger partial charge in [-0.1, -0.05) is 37.1 Å². The van der Waals surface area contributed by atoms with E-state index in [9.17, 15) is 9.59 Å². The molecule has 1 amide bonds.